The summed E-state index contributed by atoms with van der Waals surface area (Å²) in [5, 5.41) is 14.5. The van der Waals surface area contributed by atoms with Crippen LogP contribution in [0.25, 0.3) is 33.3 Å². The molecule has 1 atom stereocenters. The number of H-pyrrole nitrogens is 1. The fraction of sp³-hybridized carbons (Fsp3) is 0.391. The lowest BCUT2D eigenvalue weighted by Gasteiger charge is -2.37. The molecule has 1 aliphatic carbocycles. The van der Waals surface area contributed by atoms with Crippen molar-refractivity contribution in [1.82, 2.24) is 30.2 Å². The molecule has 4 aromatic rings. The zero-order chi connectivity index (χ0) is 23.4. The molecule has 0 aromatic carbocycles. The van der Waals surface area contributed by atoms with E-state index in [0.29, 0.717) is 47.1 Å². The number of aromatic amines is 1. The van der Waals surface area contributed by atoms with Crippen LogP contribution in [0.3, 0.4) is 0 Å². The Morgan fingerprint density at radius 1 is 1.18 bits per heavy atom. The Hall–Kier alpha value is -3.31. The molecule has 2 fully saturated rings. The second-order valence-electron chi connectivity index (χ2n) is 8.80. The van der Waals surface area contributed by atoms with Crippen LogP contribution in [-0.4, -0.2) is 62.3 Å². The summed E-state index contributed by atoms with van der Waals surface area (Å²) in [6.07, 6.45) is 2.59. The van der Waals surface area contributed by atoms with Gasteiger partial charge in [-0.2, -0.15) is 13.2 Å². The number of aromatic nitrogens is 5. The lowest BCUT2D eigenvalue weighted by molar-refractivity contribution is -0.140. The molecule has 0 amide bonds. The van der Waals surface area contributed by atoms with Crippen molar-refractivity contribution in [1.29, 1.82) is 0 Å². The molecule has 1 saturated heterocycles. The third kappa shape index (κ3) is 3.55. The van der Waals surface area contributed by atoms with E-state index in [0.717, 1.165) is 36.4 Å². The van der Waals surface area contributed by atoms with Gasteiger partial charge in [-0.15, -0.1) is 0 Å². The van der Waals surface area contributed by atoms with Crippen molar-refractivity contribution in [3.63, 3.8) is 0 Å². The molecule has 0 radical (unpaired) electrons. The maximum absolute atomic E-state index is 13.3. The molecule has 4 aromatic heterocycles. The van der Waals surface area contributed by atoms with E-state index in [9.17, 15) is 18.3 Å². The number of hydrogen-bond acceptors (Lipinski definition) is 7. The van der Waals surface area contributed by atoms with E-state index >= 15 is 0 Å². The molecule has 0 spiro atoms. The van der Waals surface area contributed by atoms with Crippen LogP contribution in [0.2, 0.25) is 0 Å². The zero-order valence-electron chi connectivity index (χ0n) is 18.1. The number of aliphatic hydroxyl groups is 1. The average molecular weight is 469 g/mol. The van der Waals surface area contributed by atoms with Crippen molar-refractivity contribution in [2.24, 2.45) is 0 Å². The van der Waals surface area contributed by atoms with Gasteiger partial charge in [-0.3, -0.25) is 4.98 Å². The Labute approximate surface area is 192 Å². The van der Waals surface area contributed by atoms with Crippen molar-refractivity contribution >= 4 is 27.8 Å². The largest absolute Gasteiger partial charge is 0.431 e. The molecule has 8 nitrogen and oxygen atoms in total. The van der Waals surface area contributed by atoms with Crippen LogP contribution in [0.5, 0.6) is 0 Å². The fourth-order valence-corrected chi connectivity index (χ4v) is 4.70. The first kappa shape index (κ1) is 21.2. The summed E-state index contributed by atoms with van der Waals surface area (Å²) in [6.45, 7) is 1.92. The third-order valence-electron chi connectivity index (χ3n) is 6.55. The van der Waals surface area contributed by atoms with Crippen LogP contribution < -0.4 is 10.2 Å². The highest BCUT2D eigenvalue weighted by Crippen LogP contribution is 2.45. The van der Waals surface area contributed by atoms with E-state index in [1.807, 2.05) is 6.20 Å². The van der Waals surface area contributed by atoms with Gasteiger partial charge in [0, 0.05) is 48.4 Å². The van der Waals surface area contributed by atoms with E-state index in [1.54, 1.807) is 12.3 Å². The molecule has 0 unspecified atom stereocenters. The summed E-state index contributed by atoms with van der Waals surface area (Å²) in [6, 6.07) is 2.49. The van der Waals surface area contributed by atoms with Crippen LogP contribution in [0.15, 0.2) is 30.7 Å². The highest BCUT2D eigenvalue weighted by atomic mass is 19.4. The molecule has 5 heterocycles. The number of rotatable bonds is 4. The van der Waals surface area contributed by atoms with Gasteiger partial charge in [-0.05, 0) is 36.5 Å². The molecule has 176 valence electrons. The minimum atomic E-state index is -4.52. The summed E-state index contributed by atoms with van der Waals surface area (Å²) < 4.78 is 40.0. The number of anilines is 1. The Bertz CT molecular complexity index is 1380. The van der Waals surface area contributed by atoms with Gasteiger partial charge in [0.1, 0.15) is 17.2 Å². The molecule has 6 rings (SSSR count). The molecule has 2 aliphatic rings. The first-order valence-corrected chi connectivity index (χ1v) is 11.2. The van der Waals surface area contributed by atoms with Gasteiger partial charge in [-0.1, -0.05) is 0 Å². The normalized spacial score (nSPS) is 19.3. The van der Waals surface area contributed by atoms with Crippen LogP contribution >= 0.6 is 0 Å². The van der Waals surface area contributed by atoms with Gasteiger partial charge in [0.2, 0.25) is 0 Å². The second kappa shape index (κ2) is 7.88. The maximum Gasteiger partial charge on any atom is 0.431 e. The quantitative estimate of drug-likeness (QED) is 0.422. The number of pyridine rings is 2. The summed E-state index contributed by atoms with van der Waals surface area (Å²) in [5.74, 6) is 1.38. The number of nitrogens with zero attached hydrogens (tertiary/aromatic N) is 5. The molecule has 1 aliphatic heterocycles. The molecule has 3 N–H and O–H groups in total. The lowest BCUT2D eigenvalue weighted by Crippen LogP contribution is -2.53. The smallest absolute Gasteiger partial charge is 0.394 e. The fourth-order valence-electron chi connectivity index (χ4n) is 4.70. The minimum absolute atomic E-state index is 0.0517. The van der Waals surface area contributed by atoms with Crippen LogP contribution in [-0.2, 0) is 6.18 Å². The monoisotopic (exact) mass is 469 g/mol. The van der Waals surface area contributed by atoms with Crippen LogP contribution in [0, 0.1) is 0 Å². The maximum atomic E-state index is 13.3. The number of fused-ring (bicyclic) bond motifs is 2. The number of halogens is 3. The van der Waals surface area contributed by atoms with Gasteiger partial charge >= 0.3 is 6.18 Å². The zero-order valence-corrected chi connectivity index (χ0v) is 18.1. The summed E-state index contributed by atoms with van der Waals surface area (Å²) in [7, 11) is 0. The predicted octanol–water partition coefficient (Wildman–Crippen LogP) is 3.23. The van der Waals surface area contributed by atoms with Gasteiger partial charge in [0.25, 0.3) is 0 Å². The number of nitrogens with one attached hydrogen (secondary N) is 2. The Balaban J connectivity index is 1.59. The number of alkyl halides is 3. The van der Waals surface area contributed by atoms with Crippen molar-refractivity contribution in [3.8, 4) is 11.4 Å². The Kier molecular flexibility index (Phi) is 4.92. The van der Waals surface area contributed by atoms with E-state index in [1.165, 1.54) is 6.20 Å². The van der Waals surface area contributed by atoms with E-state index in [4.69, 9.17) is 9.97 Å². The Morgan fingerprint density at radius 3 is 2.79 bits per heavy atom. The number of piperazine rings is 1. The van der Waals surface area contributed by atoms with Gasteiger partial charge in [0.15, 0.2) is 5.82 Å². The molecule has 34 heavy (non-hydrogen) atoms. The van der Waals surface area contributed by atoms with Crippen molar-refractivity contribution < 1.29 is 18.3 Å². The van der Waals surface area contributed by atoms with E-state index in [-0.39, 0.29) is 18.3 Å². The van der Waals surface area contributed by atoms with E-state index in [2.05, 4.69) is 25.2 Å². The Morgan fingerprint density at radius 2 is 2.03 bits per heavy atom. The first-order valence-electron chi connectivity index (χ1n) is 11.2. The number of aliphatic hydroxyl groups excluding tert-OH is 1. The standard InChI is InChI=1S/C23H22F3N7O/c24-23(25,26)18-7-15-14(3-4-29-20(15)31-18)21-30-17-10-28-9-16(12-1-2-12)19(17)22(32-21)33-6-5-27-8-13(33)11-34/h3-4,7,9-10,12-13,27,34H,1-2,5-6,8,11H2,(H,29,31)/t13-/m0/s1. The predicted molar refractivity (Wildman–Crippen MR) is 120 cm³/mol. The molecule has 1 saturated carbocycles. The highest BCUT2D eigenvalue weighted by molar-refractivity contribution is 5.97. The summed E-state index contributed by atoms with van der Waals surface area (Å²) in [5.41, 5.74) is 1.41. The molecular weight excluding hydrogens is 447 g/mol. The van der Waals surface area contributed by atoms with E-state index < -0.39 is 11.9 Å². The summed E-state index contributed by atoms with van der Waals surface area (Å²) >= 11 is 0. The highest BCUT2D eigenvalue weighted by Gasteiger charge is 2.34. The third-order valence-corrected chi connectivity index (χ3v) is 6.55. The SMILES string of the molecule is OC[C@@H]1CNCCN1c1nc(-c2ccnc3[nH]c(C(F)(F)F)cc23)nc2cncc(C3CC3)c12. The second-order valence-corrected chi connectivity index (χ2v) is 8.80. The van der Waals surface area contributed by atoms with Crippen LogP contribution in [0.1, 0.15) is 30.0 Å². The van der Waals surface area contributed by atoms with Crippen molar-refractivity contribution in [2.75, 3.05) is 31.1 Å². The molecule has 11 heteroatoms. The van der Waals surface area contributed by atoms with Crippen LogP contribution in [0.4, 0.5) is 19.0 Å². The topological polar surface area (TPSA) is 103 Å². The average Bonchev–Trinajstić information content (AvgIpc) is 3.59. The lowest BCUT2D eigenvalue weighted by atomic mass is 10.1. The van der Waals surface area contributed by atoms with Crippen molar-refractivity contribution in [3.05, 3.63) is 42.0 Å². The van der Waals surface area contributed by atoms with Gasteiger partial charge < -0.3 is 20.3 Å². The molecule has 0 bridgehead atoms. The number of hydrogen-bond donors (Lipinski definition) is 3. The molecular formula is C23H22F3N7O. The minimum Gasteiger partial charge on any atom is -0.394 e. The summed E-state index contributed by atoms with van der Waals surface area (Å²) in [4.78, 5) is 22.6. The first-order chi connectivity index (χ1) is 16.4. The van der Waals surface area contributed by atoms with Crippen molar-refractivity contribution in [2.45, 2.75) is 31.0 Å². The van der Waals surface area contributed by atoms with Gasteiger partial charge in [-0.25, -0.2) is 15.0 Å². The van der Waals surface area contributed by atoms with Gasteiger partial charge in [0.05, 0.1) is 24.4 Å².